The van der Waals surface area contributed by atoms with Crippen LogP contribution in [0.15, 0.2) is 35.9 Å². The number of Topliss-reactive ketones (excluding diaryl/α,β-unsaturated/α-hetero) is 1. The zero-order valence-electron chi connectivity index (χ0n) is 12.4. The number of carbonyl (C=O) groups excluding carboxylic acids is 1. The molecule has 0 fully saturated rings. The second kappa shape index (κ2) is 6.54. The molecule has 0 spiro atoms. The third-order valence-corrected chi connectivity index (χ3v) is 3.94. The Balaban J connectivity index is 2.14. The smallest absolute Gasteiger partial charge is 0.138 e. The van der Waals surface area contributed by atoms with E-state index < -0.39 is 0 Å². The maximum atomic E-state index is 13.4. The van der Waals surface area contributed by atoms with Crippen molar-refractivity contribution in [3.8, 4) is 12.3 Å². The van der Waals surface area contributed by atoms with Crippen LogP contribution in [0.25, 0.3) is 5.57 Å². The first-order chi connectivity index (χ1) is 10.0. The fourth-order valence-electron chi connectivity index (χ4n) is 2.74. The van der Waals surface area contributed by atoms with Crippen molar-refractivity contribution >= 4 is 11.4 Å². The van der Waals surface area contributed by atoms with Gasteiger partial charge in [0.1, 0.15) is 11.6 Å². The van der Waals surface area contributed by atoms with Crippen LogP contribution in [0.4, 0.5) is 4.39 Å². The molecule has 0 aromatic heterocycles. The predicted molar refractivity (Wildman–Crippen MR) is 84.1 cm³/mol. The monoisotopic (exact) mass is 282 g/mol. The summed E-state index contributed by atoms with van der Waals surface area (Å²) in [6.07, 6.45) is 11.8. The molecule has 1 nitrogen and oxygen atoms in total. The molecular weight excluding hydrogens is 263 g/mol. The normalized spacial score (nSPS) is 15.1. The molecule has 1 aromatic rings. The van der Waals surface area contributed by atoms with E-state index in [4.69, 9.17) is 6.42 Å². The standard InChI is InChI=1S/C19H19FO/c1-4-14(10-13(3)21)16-6-7-17(12-16)18-8-9-19(20)15(5-2)11-18/h2,6-9,11,14H,4,10,12H2,1,3H3. The van der Waals surface area contributed by atoms with Crippen molar-refractivity contribution in [2.24, 2.45) is 5.92 Å². The Morgan fingerprint density at radius 1 is 1.43 bits per heavy atom. The van der Waals surface area contributed by atoms with Gasteiger partial charge < -0.3 is 4.79 Å². The van der Waals surface area contributed by atoms with Crippen molar-refractivity contribution in [2.75, 3.05) is 0 Å². The van der Waals surface area contributed by atoms with E-state index in [9.17, 15) is 9.18 Å². The molecule has 1 aliphatic carbocycles. The lowest BCUT2D eigenvalue weighted by Gasteiger charge is -2.16. The summed E-state index contributed by atoms with van der Waals surface area (Å²) in [7, 11) is 0. The number of hydrogen-bond acceptors (Lipinski definition) is 1. The number of carbonyl (C=O) groups is 1. The van der Waals surface area contributed by atoms with E-state index in [2.05, 4.69) is 18.9 Å². The molecule has 0 saturated heterocycles. The van der Waals surface area contributed by atoms with Gasteiger partial charge in [0.05, 0.1) is 5.56 Å². The Hall–Kier alpha value is -2.14. The van der Waals surface area contributed by atoms with Crippen LogP contribution in [0.2, 0.25) is 0 Å². The van der Waals surface area contributed by atoms with Crippen LogP contribution in [-0.4, -0.2) is 5.78 Å². The van der Waals surface area contributed by atoms with E-state index in [-0.39, 0.29) is 17.2 Å². The molecule has 0 saturated carbocycles. The van der Waals surface area contributed by atoms with Crippen LogP contribution in [-0.2, 0) is 4.79 Å². The summed E-state index contributed by atoms with van der Waals surface area (Å²) in [6, 6.07) is 4.88. The Bertz CT molecular complexity index is 659. The second-order valence-corrected chi connectivity index (χ2v) is 5.46. The fraction of sp³-hybridized carbons (Fsp3) is 0.316. The molecule has 1 aliphatic rings. The Morgan fingerprint density at radius 2 is 2.19 bits per heavy atom. The largest absolute Gasteiger partial charge is 0.300 e. The lowest BCUT2D eigenvalue weighted by Crippen LogP contribution is -2.07. The van der Waals surface area contributed by atoms with E-state index in [1.807, 2.05) is 6.08 Å². The second-order valence-electron chi connectivity index (χ2n) is 5.46. The maximum absolute atomic E-state index is 13.4. The van der Waals surface area contributed by atoms with E-state index in [0.717, 1.165) is 24.0 Å². The number of halogens is 1. The van der Waals surface area contributed by atoms with Gasteiger partial charge in [0, 0.05) is 6.42 Å². The summed E-state index contributed by atoms with van der Waals surface area (Å²) in [5.41, 5.74) is 3.64. The SMILES string of the molecule is C#Cc1cc(C2=CC=C(C(CC)CC(C)=O)C2)ccc1F. The highest BCUT2D eigenvalue weighted by Gasteiger charge is 2.19. The third-order valence-electron chi connectivity index (χ3n) is 3.94. The van der Waals surface area contributed by atoms with Gasteiger partial charge in [0.25, 0.3) is 0 Å². The molecule has 2 heteroatoms. The lowest BCUT2D eigenvalue weighted by molar-refractivity contribution is -0.117. The molecule has 1 unspecified atom stereocenters. The van der Waals surface area contributed by atoms with Gasteiger partial charge in [-0.25, -0.2) is 4.39 Å². The van der Waals surface area contributed by atoms with Gasteiger partial charge in [-0.15, -0.1) is 6.42 Å². The molecular formula is C19H19FO. The van der Waals surface area contributed by atoms with E-state index in [1.54, 1.807) is 19.1 Å². The van der Waals surface area contributed by atoms with Gasteiger partial charge in [0.15, 0.2) is 0 Å². The molecule has 1 atom stereocenters. The van der Waals surface area contributed by atoms with E-state index in [1.165, 1.54) is 11.6 Å². The fourth-order valence-corrected chi connectivity index (χ4v) is 2.74. The summed E-state index contributed by atoms with van der Waals surface area (Å²) in [4.78, 5) is 11.3. The van der Waals surface area contributed by atoms with Gasteiger partial charge in [-0.1, -0.05) is 36.6 Å². The summed E-state index contributed by atoms with van der Waals surface area (Å²) in [6.45, 7) is 3.73. The molecule has 21 heavy (non-hydrogen) atoms. The maximum Gasteiger partial charge on any atom is 0.138 e. The van der Waals surface area contributed by atoms with Crippen molar-refractivity contribution in [2.45, 2.75) is 33.1 Å². The Morgan fingerprint density at radius 3 is 2.81 bits per heavy atom. The van der Waals surface area contributed by atoms with Gasteiger partial charge in [0.2, 0.25) is 0 Å². The quantitative estimate of drug-likeness (QED) is 0.725. The predicted octanol–water partition coefficient (Wildman–Crippen LogP) is 4.53. The molecule has 0 heterocycles. The lowest BCUT2D eigenvalue weighted by atomic mass is 9.88. The highest BCUT2D eigenvalue weighted by molar-refractivity contribution is 5.77. The third kappa shape index (κ3) is 3.49. The molecule has 0 radical (unpaired) electrons. The molecule has 2 rings (SSSR count). The van der Waals surface area contributed by atoms with Gasteiger partial charge in [-0.3, -0.25) is 0 Å². The van der Waals surface area contributed by atoms with Crippen molar-refractivity contribution < 1.29 is 9.18 Å². The first kappa shape index (κ1) is 15.3. The van der Waals surface area contributed by atoms with Crippen molar-refractivity contribution in [3.05, 3.63) is 52.9 Å². The number of hydrogen-bond donors (Lipinski definition) is 0. The zero-order valence-corrected chi connectivity index (χ0v) is 12.4. The molecule has 108 valence electrons. The molecule has 0 amide bonds. The first-order valence-corrected chi connectivity index (χ1v) is 7.20. The van der Waals surface area contributed by atoms with Crippen LogP contribution in [0.1, 0.15) is 44.2 Å². The summed E-state index contributed by atoms with van der Waals surface area (Å²) >= 11 is 0. The zero-order chi connectivity index (χ0) is 15.4. The summed E-state index contributed by atoms with van der Waals surface area (Å²) < 4.78 is 13.4. The highest BCUT2D eigenvalue weighted by atomic mass is 19.1. The van der Waals surface area contributed by atoms with Crippen molar-refractivity contribution in [1.29, 1.82) is 0 Å². The van der Waals surface area contributed by atoms with Gasteiger partial charge in [-0.2, -0.15) is 0 Å². The van der Waals surface area contributed by atoms with Crippen LogP contribution in [0, 0.1) is 24.1 Å². The number of ketones is 1. The Kier molecular flexibility index (Phi) is 4.75. The van der Waals surface area contributed by atoms with Crippen LogP contribution < -0.4 is 0 Å². The Labute approximate surface area is 125 Å². The number of rotatable bonds is 5. The van der Waals surface area contributed by atoms with Crippen LogP contribution in [0.5, 0.6) is 0 Å². The topological polar surface area (TPSA) is 17.1 Å². The summed E-state index contributed by atoms with van der Waals surface area (Å²) in [5, 5.41) is 0. The first-order valence-electron chi connectivity index (χ1n) is 7.20. The minimum atomic E-state index is -0.365. The minimum Gasteiger partial charge on any atom is -0.300 e. The van der Waals surface area contributed by atoms with Crippen molar-refractivity contribution in [3.63, 3.8) is 0 Å². The molecule has 0 aliphatic heterocycles. The highest BCUT2D eigenvalue weighted by Crippen LogP contribution is 2.35. The molecule has 0 N–H and O–H groups in total. The van der Waals surface area contributed by atoms with Crippen LogP contribution in [0.3, 0.4) is 0 Å². The summed E-state index contributed by atoms with van der Waals surface area (Å²) in [5.74, 6) is 2.51. The van der Waals surface area contributed by atoms with Gasteiger partial charge in [-0.05, 0) is 49.0 Å². The average molecular weight is 282 g/mol. The van der Waals surface area contributed by atoms with E-state index in [0.29, 0.717) is 12.3 Å². The number of benzene rings is 1. The van der Waals surface area contributed by atoms with Gasteiger partial charge >= 0.3 is 0 Å². The van der Waals surface area contributed by atoms with Crippen LogP contribution >= 0.6 is 0 Å². The van der Waals surface area contributed by atoms with Crippen molar-refractivity contribution in [1.82, 2.24) is 0 Å². The number of terminal acetylenes is 1. The number of allylic oxidation sites excluding steroid dienone is 4. The minimum absolute atomic E-state index is 0.215. The van der Waals surface area contributed by atoms with E-state index >= 15 is 0 Å². The molecule has 0 bridgehead atoms. The average Bonchev–Trinajstić information content (AvgIpc) is 2.94. The molecule has 1 aromatic carbocycles.